The minimum atomic E-state index is -0.218. The van der Waals surface area contributed by atoms with E-state index in [-0.39, 0.29) is 18.4 Å². The molecule has 0 unspecified atom stereocenters. The highest BCUT2D eigenvalue weighted by molar-refractivity contribution is 7.99. The molecule has 6 heteroatoms. The first kappa shape index (κ1) is 19.8. The van der Waals surface area contributed by atoms with Gasteiger partial charge in [-0.2, -0.15) is 0 Å². The molecule has 1 N–H and O–H groups in total. The van der Waals surface area contributed by atoms with E-state index in [1.165, 1.54) is 9.80 Å². The van der Waals surface area contributed by atoms with Gasteiger partial charge in [-0.1, -0.05) is 18.2 Å². The van der Waals surface area contributed by atoms with Crippen LogP contribution in [-0.2, 0) is 9.59 Å². The van der Waals surface area contributed by atoms with Crippen molar-refractivity contribution in [2.24, 2.45) is 0 Å². The average molecular weight is 372 g/mol. The first-order chi connectivity index (χ1) is 12.6. The lowest BCUT2D eigenvalue weighted by Crippen LogP contribution is -2.34. The maximum absolute atomic E-state index is 12.1. The Morgan fingerprint density at radius 1 is 1.08 bits per heavy atom. The predicted octanol–water partition coefficient (Wildman–Crippen LogP) is 3.66. The Kier molecular flexibility index (Phi) is 8.02. The third kappa shape index (κ3) is 6.80. The van der Waals surface area contributed by atoms with E-state index in [1.54, 1.807) is 50.2 Å². The monoisotopic (exact) mass is 372 g/mol. The minimum Gasteiger partial charge on any atom is -0.497 e. The Labute approximate surface area is 158 Å². The lowest BCUT2D eigenvalue weighted by atomic mass is 10.3. The highest BCUT2D eigenvalue weighted by Gasteiger charge is 2.13. The largest absolute Gasteiger partial charge is 0.497 e. The van der Waals surface area contributed by atoms with Crippen LogP contribution < -0.4 is 10.1 Å². The van der Waals surface area contributed by atoms with Gasteiger partial charge in [-0.05, 0) is 48.6 Å². The minimum absolute atomic E-state index is 0.0245. The molecule has 0 aliphatic carbocycles. The van der Waals surface area contributed by atoms with E-state index in [1.807, 2.05) is 18.2 Å². The number of nitrogens with one attached hydrogen (secondary N) is 1. The predicted molar refractivity (Wildman–Crippen MR) is 106 cm³/mol. The second-order valence-electron chi connectivity index (χ2n) is 5.79. The van der Waals surface area contributed by atoms with Crippen LogP contribution in [0.1, 0.15) is 12.8 Å². The molecule has 2 amide bonds. The molecule has 26 heavy (non-hydrogen) atoms. The van der Waals surface area contributed by atoms with Gasteiger partial charge in [-0.15, -0.1) is 11.8 Å². The van der Waals surface area contributed by atoms with Gasteiger partial charge in [-0.3, -0.25) is 9.59 Å². The summed E-state index contributed by atoms with van der Waals surface area (Å²) in [6, 6.07) is 17.2. The van der Waals surface area contributed by atoms with Crippen LogP contribution in [0.25, 0.3) is 0 Å². The number of anilines is 1. The van der Waals surface area contributed by atoms with Gasteiger partial charge in [0, 0.05) is 24.1 Å². The molecular formula is C20H24N2O3S. The van der Waals surface area contributed by atoms with Crippen LogP contribution in [0, 0.1) is 0 Å². The van der Waals surface area contributed by atoms with Crippen molar-refractivity contribution in [3.05, 3.63) is 54.6 Å². The number of hydrogen-bond acceptors (Lipinski definition) is 4. The topological polar surface area (TPSA) is 58.6 Å². The van der Waals surface area contributed by atoms with E-state index in [0.717, 1.165) is 17.9 Å². The van der Waals surface area contributed by atoms with Gasteiger partial charge in [-0.25, -0.2) is 0 Å². The second kappa shape index (κ2) is 10.5. The van der Waals surface area contributed by atoms with Crippen molar-refractivity contribution in [3.8, 4) is 5.75 Å². The van der Waals surface area contributed by atoms with Gasteiger partial charge >= 0.3 is 0 Å². The Hall–Kier alpha value is -2.47. The van der Waals surface area contributed by atoms with Crippen LogP contribution >= 0.6 is 11.8 Å². The standard InChI is InChI=1S/C20H24N2O3S/c1-22(15-19(23)21-16-10-12-17(25-2)13-11-16)20(24)9-6-14-26-18-7-4-3-5-8-18/h3-5,7-8,10-13H,6,9,14-15H2,1-2H3,(H,21,23). The van der Waals surface area contributed by atoms with Crippen molar-refractivity contribution >= 4 is 29.3 Å². The molecule has 0 aromatic heterocycles. The Morgan fingerprint density at radius 3 is 2.42 bits per heavy atom. The zero-order valence-corrected chi connectivity index (χ0v) is 15.9. The number of benzene rings is 2. The summed E-state index contributed by atoms with van der Waals surface area (Å²) in [7, 11) is 3.24. The zero-order valence-electron chi connectivity index (χ0n) is 15.1. The zero-order chi connectivity index (χ0) is 18.8. The molecule has 0 atom stereocenters. The van der Waals surface area contributed by atoms with Crippen molar-refractivity contribution in [1.82, 2.24) is 4.90 Å². The number of rotatable bonds is 9. The molecular weight excluding hydrogens is 348 g/mol. The summed E-state index contributed by atoms with van der Waals surface area (Å²) < 4.78 is 5.08. The van der Waals surface area contributed by atoms with Crippen molar-refractivity contribution in [2.45, 2.75) is 17.7 Å². The summed E-state index contributed by atoms with van der Waals surface area (Å²) in [5.74, 6) is 1.36. The first-order valence-corrected chi connectivity index (χ1v) is 9.43. The van der Waals surface area contributed by atoms with Crippen molar-refractivity contribution in [3.63, 3.8) is 0 Å². The molecule has 0 aliphatic heterocycles. The molecule has 0 radical (unpaired) electrons. The molecule has 2 rings (SSSR count). The van der Waals surface area contributed by atoms with Crippen LogP contribution in [0.2, 0.25) is 0 Å². The van der Waals surface area contributed by atoms with Crippen molar-refractivity contribution in [1.29, 1.82) is 0 Å². The van der Waals surface area contributed by atoms with E-state index in [9.17, 15) is 9.59 Å². The number of ether oxygens (including phenoxy) is 1. The Morgan fingerprint density at radius 2 is 1.77 bits per heavy atom. The fourth-order valence-electron chi connectivity index (χ4n) is 2.30. The van der Waals surface area contributed by atoms with E-state index in [4.69, 9.17) is 4.74 Å². The van der Waals surface area contributed by atoms with E-state index < -0.39 is 0 Å². The van der Waals surface area contributed by atoms with Crippen LogP contribution in [0.15, 0.2) is 59.5 Å². The smallest absolute Gasteiger partial charge is 0.243 e. The number of amides is 2. The van der Waals surface area contributed by atoms with Gasteiger partial charge in [0.15, 0.2) is 0 Å². The number of carbonyl (C=O) groups is 2. The molecule has 138 valence electrons. The van der Waals surface area contributed by atoms with Crippen LogP contribution in [0.5, 0.6) is 5.75 Å². The molecule has 2 aromatic carbocycles. The van der Waals surface area contributed by atoms with Gasteiger partial charge in [0.1, 0.15) is 5.75 Å². The summed E-state index contributed by atoms with van der Waals surface area (Å²) >= 11 is 1.73. The van der Waals surface area contributed by atoms with E-state index >= 15 is 0 Å². The molecule has 0 heterocycles. The van der Waals surface area contributed by atoms with Gasteiger partial charge in [0.2, 0.25) is 11.8 Å². The normalized spacial score (nSPS) is 10.2. The number of methoxy groups -OCH3 is 1. The van der Waals surface area contributed by atoms with Crippen LogP contribution in [-0.4, -0.2) is 43.2 Å². The van der Waals surface area contributed by atoms with Gasteiger partial charge in [0.25, 0.3) is 0 Å². The first-order valence-electron chi connectivity index (χ1n) is 8.44. The number of hydrogen-bond donors (Lipinski definition) is 1. The lowest BCUT2D eigenvalue weighted by Gasteiger charge is -2.17. The highest BCUT2D eigenvalue weighted by Crippen LogP contribution is 2.18. The fourth-order valence-corrected chi connectivity index (χ4v) is 3.17. The van der Waals surface area contributed by atoms with Crippen molar-refractivity contribution in [2.75, 3.05) is 31.8 Å². The summed E-state index contributed by atoms with van der Waals surface area (Å²) in [6.45, 7) is 0.0384. The van der Waals surface area contributed by atoms with Crippen LogP contribution in [0.4, 0.5) is 5.69 Å². The Balaban J connectivity index is 1.67. The fraction of sp³-hybridized carbons (Fsp3) is 0.300. The summed E-state index contributed by atoms with van der Waals surface area (Å²) in [5, 5.41) is 2.78. The summed E-state index contributed by atoms with van der Waals surface area (Å²) in [4.78, 5) is 26.9. The SMILES string of the molecule is COc1ccc(NC(=O)CN(C)C(=O)CCCSc2ccccc2)cc1. The van der Waals surface area contributed by atoms with Gasteiger partial charge < -0.3 is 15.0 Å². The maximum atomic E-state index is 12.1. The molecule has 5 nitrogen and oxygen atoms in total. The molecule has 0 saturated carbocycles. The number of carbonyl (C=O) groups excluding carboxylic acids is 2. The molecule has 2 aromatic rings. The molecule has 0 spiro atoms. The molecule has 0 saturated heterocycles. The summed E-state index contributed by atoms with van der Waals surface area (Å²) in [5.41, 5.74) is 0.677. The van der Waals surface area contributed by atoms with Crippen molar-refractivity contribution < 1.29 is 14.3 Å². The lowest BCUT2D eigenvalue weighted by molar-refractivity contribution is -0.133. The van der Waals surface area contributed by atoms with E-state index in [0.29, 0.717) is 12.1 Å². The third-order valence-corrected chi connectivity index (χ3v) is 4.83. The molecule has 0 aliphatic rings. The number of thioether (sulfide) groups is 1. The molecule has 0 bridgehead atoms. The van der Waals surface area contributed by atoms with Gasteiger partial charge in [0.05, 0.1) is 13.7 Å². The second-order valence-corrected chi connectivity index (χ2v) is 6.96. The maximum Gasteiger partial charge on any atom is 0.243 e. The number of nitrogens with zero attached hydrogens (tertiary/aromatic N) is 1. The highest BCUT2D eigenvalue weighted by atomic mass is 32.2. The average Bonchev–Trinajstić information content (AvgIpc) is 2.66. The van der Waals surface area contributed by atoms with Crippen LogP contribution in [0.3, 0.4) is 0 Å². The quantitative estimate of drug-likeness (QED) is 0.539. The van der Waals surface area contributed by atoms with E-state index in [2.05, 4.69) is 17.4 Å². The summed E-state index contributed by atoms with van der Waals surface area (Å²) in [6.07, 6.45) is 1.22. The Bertz CT molecular complexity index is 705. The molecule has 0 fully saturated rings. The number of likely N-dealkylation sites (N-methyl/N-ethyl adjacent to an activating group) is 1. The third-order valence-electron chi connectivity index (χ3n) is 3.73.